The molecule has 4 rings (SSSR count). The van der Waals surface area contributed by atoms with E-state index in [2.05, 4.69) is 52.2 Å². The highest BCUT2D eigenvalue weighted by Gasteiger charge is 2.31. The summed E-state index contributed by atoms with van der Waals surface area (Å²) in [5.41, 5.74) is 1.85. The number of benzene rings is 1. The molecule has 0 saturated carbocycles. The Morgan fingerprint density at radius 2 is 2.10 bits per heavy atom. The Bertz CT molecular complexity index is 954. The van der Waals surface area contributed by atoms with Gasteiger partial charge in [-0.2, -0.15) is 0 Å². The van der Waals surface area contributed by atoms with Crippen molar-refractivity contribution in [3.8, 4) is 11.3 Å². The largest absolute Gasteiger partial charge is 0.357 e. The van der Waals surface area contributed by atoms with Gasteiger partial charge in [0.2, 0.25) is 0 Å². The van der Waals surface area contributed by atoms with Crippen LogP contribution in [0.5, 0.6) is 0 Å². The van der Waals surface area contributed by atoms with Crippen LogP contribution in [0.2, 0.25) is 0 Å². The number of thiophene rings is 1. The van der Waals surface area contributed by atoms with E-state index in [0.29, 0.717) is 18.5 Å². The molecule has 3 aromatic rings. The number of aliphatic imine (C=N–C) groups is 1. The van der Waals surface area contributed by atoms with E-state index in [0.717, 1.165) is 42.6 Å². The fraction of sp³-hybridized carbons (Fsp3) is 0.417. The maximum Gasteiger partial charge on any atom is 0.191 e. The van der Waals surface area contributed by atoms with Gasteiger partial charge >= 0.3 is 0 Å². The Hall–Kier alpha value is -2.64. The van der Waals surface area contributed by atoms with Crippen LogP contribution in [0.1, 0.15) is 36.4 Å². The van der Waals surface area contributed by atoms with Crippen LogP contribution in [0.15, 0.2) is 63.4 Å². The highest BCUT2D eigenvalue weighted by Crippen LogP contribution is 2.36. The van der Waals surface area contributed by atoms with Crippen LogP contribution in [-0.2, 0) is 6.54 Å². The fourth-order valence-corrected chi connectivity index (χ4v) is 5.22. The van der Waals surface area contributed by atoms with Gasteiger partial charge in [0.25, 0.3) is 0 Å². The molecule has 31 heavy (non-hydrogen) atoms. The van der Waals surface area contributed by atoms with Gasteiger partial charge in [0, 0.05) is 35.6 Å². The Labute approximate surface area is 188 Å². The number of guanidine groups is 1. The number of likely N-dealkylation sites (tertiary alicyclic amines) is 1. The smallest absolute Gasteiger partial charge is 0.191 e. The van der Waals surface area contributed by atoms with E-state index < -0.39 is 0 Å². The molecule has 1 aliphatic heterocycles. The van der Waals surface area contributed by atoms with Crippen LogP contribution < -0.4 is 10.6 Å². The summed E-state index contributed by atoms with van der Waals surface area (Å²) in [4.78, 5) is 8.69. The minimum absolute atomic E-state index is 0.466. The molecule has 0 bridgehead atoms. The molecule has 0 radical (unpaired) electrons. The molecule has 164 valence electrons. The van der Waals surface area contributed by atoms with E-state index >= 15 is 0 Å². The van der Waals surface area contributed by atoms with E-state index in [1.165, 1.54) is 17.7 Å². The van der Waals surface area contributed by atoms with Crippen LogP contribution in [0.3, 0.4) is 0 Å². The molecule has 1 aromatic carbocycles. The summed E-state index contributed by atoms with van der Waals surface area (Å²) in [6.07, 6.45) is 2.46. The first kappa shape index (κ1) is 21.6. The van der Waals surface area contributed by atoms with Gasteiger partial charge in [-0.1, -0.05) is 41.6 Å². The van der Waals surface area contributed by atoms with Crippen molar-refractivity contribution in [3.05, 3.63) is 64.5 Å². The number of nitrogens with one attached hydrogen (secondary N) is 2. The number of aromatic nitrogens is 1. The number of hydrogen-bond donors (Lipinski definition) is 2. The molecular weight excluding hydrogens is 406 g/mol. The molecule has 0 amide bonds. The first-order valence-electron chi connectivity index (χ1n) is 11.0. The summed E-state index contributed by atoms with van der Waals surface area (Å²) in [6.45, 7) is 5.43. The van der Waals surface area contributed by atoms with Gasteiger partial charge in [-0.15, -0.1) is 11.3 Å². The van der Waals surface area contributed by atoms with Crippen LogP contribution in [0.4, 0.5) is 0 Å². The van der Waals surface area contributed by atoms with Crippen molar-refractivity contribution in [2.45, 2.75) is 32.4 Å². The molecule has 7 heteroatoms. The average Bonchev–Trinajstić information content (AvgIpc) is 3.49. The van der Waals surface area contributed by atoms with Gasteiger partial charge in [0.1, 0.15) is 5.69 Å². The molecular formula is C24H31N5OS. The second kappa shape index (κ2) is 10.6. The normalized spacial score (nSPS) is 20.0. The van der Waals surface area contributed by atoms with Crippen molar-refractivity contribution in [1.82, 2.24) is 20.7 Å². The van der Waals surface area contributed by atoms with Gasteiger partial charge in [-0.25, -0.2) is 4.99 Å². The standard InChI is InChI=1S/C24H31N5OS/c1-3-25-24(27-17-20-15-21(30-28-20)18-9-5-4-6-10-18)26-16-19-11-7-13-29(2)23(19)22-12-8-14-31-22/h4-6,8-10,12,14-15,19,23H,3,7,11,13,16-17H2,1-2H3,(H2,25,26,27). The Kier molecular flexibility index (Phi) is 7.38. The second-order valence-electron chi connectivity index (χ2n) is 7.97. The number of rotatable bonds is 7. The van der Waals surface area contributed by atoms with E-state index in [1.807, 2.05) is 47.7 Å². The monoisotopic (exact) mass is 437 g/mol. The van der Waals surface area contributed by atoms with Gasteiger partial charge in [-0.3, -0.25) is 4.90 Å². The molecule has 3 heterocycles. The van der Waals surface area contributed by atoms with Crippen molar-refractivity contribution in [3.63, 3.8) is 0 Å². The summed E-state index contributed by atoms with van der Waals surface area (Å²) in [6, 6.07) is 16.9. The minimum Gasteiger partial charge on any atom is -0.357 e. The average molecular weight is 438 g/mol. The third-order valence-electron chi connectivity index (χ3n) is 5.73. The maximum absolute atomic E-state index is 5.50. The van der Waals surface area contributed by atoms with E-state index in [-0.39, 0.29) is 0 Å². The van der Waals surface area contributed by atoms with E-state index in [9.17, 15) is 0 Å². The van der Waals surface area contributed by atoms with Crippen LogP contribution in [0, 0.1) is 5.92 Å². The number of hydrogen-bond acceptors (Lipinski definition) is 5. The van der Waals surface area contributed by atoms with E-state index in [1.54, 1.807) is 0 Å². The lowest BCUT2D eigenvalue weighted by atomic mass is 9.88. The minimum atomic E-state index is 0.466. The molecule has 2 atom stereocenters. The summed E-state index contributed by atoms with van der Waals surface area (Å²) in [7, 11) is 2.24. The molecule has 1 saturated heterocycles. The highest BCUT2D eigenvalue weighted by molar-refractivity contribution is 7.10. The van der Waals surface area contributed by atoms with E-state index in [4.69, 9.17) is 9.52 Å². The second-order valence-corrected chi connectivity index (χ2v) is 8.95. The zero-order valence-electron chi connectivity index (χ0n) is 18.3. The maximum atomic E-state index is 5.50. The fourth-order valence-electron chi connectivity index (χ4n) is 4.24. The molecule has 1 fully saturated rings. The summed E-state index contributed by atoms with van der Waals surface area (Å²) < 4.78 is 5.50. The SMILES string of the molecule is CCNC(=NCc1cc(-c2ccccc2)on1)NCC1CCCN(C)C1c1cccs1. The van der Waals surface area contributed by atoms with Gasteiger partial charge in [0.05, 0.1) is 6.54 Å². The number of piperidine rings is 1. The van der Waals surface area contributed by atoms with Crippen molar-refractivity contribution in [1.29, 1.82) is 0 Å². The van der Waals surface area contributed by atoms with Crippen LogP contribution >= 0.6 is 11.3 Å². The van der Waals surface area contributed by atoms with Crippen molar-refractivity contribution < 1.29 is 4.52 Å². The lowest BCUT2D eigenvalue weighted by Gasteiger charge is -2.39. The first-order valence-corrected chi connectivity index (χ1v) is 11.9. The highest BCUT2D eigenvalue weighted by atomic mass is 32.1. The summed E-state index contributed by atoms with van der Waals surface area (Å²) in [5.74, 6) is 2.15. The molecule has 2 unspecified atom stereocenters. The zero-order chi connectivity index (χ0) is 21.5. The molecule has 1 aliphatic rings. The Morgan fingerprint density at radius 1 is 1.23 bits per heavy atom. The third-order valence-corrected chi connectivity index (χ3v) is 6.68. The lowest BCUT2D eigenvalue weighted by molar-refractivity contribution is 0.125. The van der Waals surface area contributed by atoms with Gasteiger partial charge < -0.3 is 15.2 Å². The Balaban J connectivity index is 1.39. The molecule has 2 N–H and O–H groups in total. The topological polar surface area (TPSA) is 65.7 Å². The summed E-state index contributed by atoms with van der Waals surface area (Å²) in [5, 5.41) is 13.3. The lowest BCUT2D eigenvalue weighted by Crippen LogP contribution is -2.44. The molecule has 2 aromatic heterocycles. The molecule has 0 aliphatic carbocycles. The van der Waals surface area contributed by atoms with Crippen molar-refractivity contribution in [2.24, 2.45) is 10.9 Å². The predicted molar refractivity (Wildman–Crippen MR) is 127 cm³/mol. The van der Waals surface area contributed by atoms with Crippen LogP contribution in [-0.4, -0.2) is 42.7 Å². The van der Waals surface area contributed by atoms with Gasteiger partial charge in [0.15, 0.2) is 11.7 Å². The quantitative estimate of drug-likeness (QED) is 0.420. The van der Waals surface area contributed by atoms with Crippen LogP contribution in [0.25, 0.3) is 11.3 Å². The number of nitrogens with zero attached hydrogens (tertiary/aromatic N) is 3. The molecule has 6 nitrogen and oxygen atoms in total. The van der Waals surface area contributed by atoms with Crippen molar-refractivity contribution in [2.75, 3.05) is 26.7 Å². The van der Waals surface area contributed by atoms with Crippen molar-refractivity contribution >= 4 is 17.3 Å². The third kappa shape index (κ3) is 5.54. The first-order chi connectivity index (χ1) is 15.2. The predicted octanol–water partition coefficient (Wildman–Crippen LogP) is 4.54. The van der Waals surface area contributed by atoms with Gasteiger partial charge in [-0.05, 0) is 50.7 Å². The molecule has 0 spiro atoms. The summed E-state index contributed by atoms with van der Waals surface area (Å²) >= 11 is 1.86. The zero-order valence-corrected chi connectivity index (χ0v) is 19.1. The Morgan fingerprint density at radius 3 is 2.87 bits per heavy atom.